The molecule has 3 N–H and O–H groups in total. The summed E-state index contributed by atoms with van der Waals surface area (Å²) >= 11 is 0. The Morgan fingerprint density at radius 2 is 1.85 bits per heavy atom. The molecular weight excluding hydrogens is 166 g/mol. The van der Waals surface area contributed by atoms with Gasteiger partial charge in [0.05, 0.1) is 0 Å². The predicted molar refractivity (Wildman–Crippen MR) is 50.9 cm³/mol. The molecule has 0 saturated carbocycles. The highest BCUT2D eigenvalue weighted by molar-refractivity contribution is 5.47. The smallest absolute Gasteiger partial charge is 0.121 e. The second kappa shape index (κ2) is 3.77. The first kappa shape index (κ1) is 10.0. The van der Waals surface area contributed by atoms with Crippen molar-refractivity contribution in [2.75, 3.05) is 0 Å². The van der Waals surface area contributed by atoms with Crippen LogP contribution in [0.4, 0.5) is 0 Å². The van der Waals surface area contributed by atoms with Crippen LogP contribution in [0.5, 0.6) is 5.75 Å². The standard InChI is InChI=1S/C10H15NO2/c1-6-4-9(5-11-13)7(2)8(3)10(6)12/h4,11-13H,5H2,1-3H3. The van der Waals surface area contributed by atoms with Crippen LogP contribution in [0.3, 0.4) is 0 Å². The van der Waals surface area contributed by atoms with Gasteiger partial charge in [0.2, 0.25) is 0 Å². The van der Waals surface area contributed by atoms with Crippen molar-refractivity contribution in [3.63, 3.8) is 0 Å². The molecule has 1 aromatic carbocycles. The largest absolute Gasteiger partial charge is 0.507 e. The van der Waals surface area contributed by atoms with E-state index in [9.17, 15) is 5.11 Å². The highest BCUT2D eigenvalue weighted by atomic mass is 16.5. The lowest BCUT2D eigenvalue weighted by atomic mass is 9.99. The summed E-state index contributed by atoms with van der Waals surface area (Å²) in [7, 11) is 0. The van der Waals surface area contributed by atoms with Crippen molar-refractivity contribution in [2.45, 2.75) is 27.3 Å². The third kappa shape index (κ3) is 1.82. The van der Waals surface area contributed by atoms with E-state index in [0.29, 0.717) is 12.3 Å². The molecule has 0 aliphatic heterocycles. The molecule has 1 rings (SSSR count). The van der Waals surface area contributed by atoms with Gasteiger partial charge in [-0.05, 0) is 43.0 Å². The Bertz CT molecular complexity index is 321. The van der Waals surface area contributed by atoms with E-state index >= 15 is 0 Å². The van der Waals surface area contributed by atoms with Crippen LogP contribution in [0, 0.1) is 20.8 Å². The van der Waals surface area contributed by atoms with Crippen molar-refractivity contribution >= 4 is 0 Å². The zero-order chi connectivity index (χ0) is 10.0. The first-order chi connectivity index (χ1) is 6.07. The van der Waals surface area contributed by atoms with Crippen LogP contribution in [-0.2, 0) is 6.54 Å². The van der Waals surface area contributed by atoms with Gasteiger partial charge in [0.25, 0.3) is 0 Å². The summed E-state index contributed by atoms with van der Waals surface area (Å²) in [6.45, 7) is 6.07. The minimum Gasteiger partial charge on any atom is -0.507 e. The molecule has 0 saturated heterocycles. The Balaban J connectivity index is 3.24. The number of rotatable bonds is 2. The first-order valence-corrected chi connectivity index (χ1v) is 4.23. The van der Waals surface area contributed by atoms with Crippen LogP contribution < -0.4 is 5.48 Å². The Kier molecular flexibility index (Phi) is 2.90. The summed E-state index contributed by atoms with van der Waals surface area (Å²) in [5.41, 5.74) is 5.87. The van der Waals surface area contributed by atoms with E-state index < -0.39 is 0 Å². The number of benzene rings is 1. The number of phenols is 1. The maximum absolute atomic E-state index is 9.60. The summed E-state index contributed by atoms with van der Waals surface area (Å²) in [6, 6.07) is 1.88. The molecule has 3 heteroatoms. The minimum atomic E-state index is 0.346. The average molecular weight is 181 g/mol. The second-order valence-corrected chi connectivity index (χ2v) is 3.29. The van der Waals surface area contributed by atoms with Crippen LogP contribution >= 0.6 is 0 Å². The molecular formula is C10H15NO2. The molecule has 0 aromatic heterocycles. The lowest BCUT2D eigenvalue weighted by molar-refractivity contribution is 0.161. The first-order valence-electron chi connectivity index (χ1n) is 4.23. The minimum absolute atomic E-state index is 0.346. The Morgan fingerprint density at radius 1 is 1.23 bits per heavy atom. The van der Waals surface area contributed by atoms with Crippen molar-refractivity contribution < 1.29 is 10.3 Å². The monoisotopic (exact) mass is 181 g/mol. The fourth-order valence-corrected chi connectivity index (χ4v) is 1.42. The third-order valence-corrected chi connectivity index (χ3v) is 2.43. The molecule has 0 amide bonds. The average Bonchev–Trinajstić information content (AvgIpc) is 2.11. The number of phenolic OH excluding ortho intramolecular Hbond substituents is 1. The van der Waals surface area contributed by atoms with Crippen LogP contribution in [0.25, 0.3) is 0 Å². The fraction of sp³-hybridized carbons (Fsp3) is 0.400. The summed E-state index contributed by atoms with van der Waals surface area (Å²) in [5, 5.41) is 18.2. The zero-order valence-electron chi connectivity index (χ0n) is 8.18. The van der Waals surface area contributed by atoms with E-state index in [2.05, 4.69) is 5.48 Å². The van der Waals surface area contributed by atoms with Crippen molar-refractivity contribution in [3.8, 4) is 5.75 Å². The van der Waals surface area contributed by atoms with Crippen molar-refractivity contribution in [1.29, 1.82) is 0 Å². The van der Waals surface area contributed by atoms with Gasteiger partial charge in [0.1, 0.15) is 5.75 Å². The molecule has 0 aliphatic carbocycles. The third-order valence-electron chi connectivity index (χ3n) is 2.43. The maximum atomic E-state index is 9.60. The number of hydrogen-bond acceptors (Lipinski definition) is 3. The quantitative estimate of drug-likeness (QED) is 0.610. The maximum Gasteiger partial charge on any atom is 0.121 e. The predicted octanol–water partition coefficient (Wildman–Crippen LogP) is 1.80. The molecule has 1 aromatic rings. The van der Waals surface area contributed by atoms with Crippen molar-refractivity contribution in [2.24, 2.45) is 0 Å². The normalized spacial score (nSPS) is 10.5. The van der Waals surface area contributed by atoms with E-state index in [1.165, 1.54) is 0 Å². The number of hydroxylamine groups is 1. The molecule has 0 atom stereocenters. The van der Waals surface area contributed by atoms with Gasteiger partial charge in [0.15, 0.2) is 0 Å². The molecule has 0 aliphatic rings. The van der Waals surface area contributed by atoms with Crippen LogP contribution in [-0.4, -0.2) is 10.3 Å². The lowest BCUT2D eigenvalue weighted by Crippen LogP contribution is -2.08. The summed E-state index contributed by atoms with van der Waals surface area (Å²) in [5.74, 6) is 0.346. The topological polar surface area (TPSA) is 52.5 Å². The lowest BCUT2D eigenvalue weighted by Gasteiger charge is -2.11. The van der Waals surface area contributed by atoms with Gasteiger partial charge < -0.3 is 10.3 Å². The van der Waals surface area contributed by atoms with Gasteiger partial charge in [-0.3, -0.25) is 0 Å². The van der Waals surface area contributed by atoms with Gasteiger partial charge >= 0.3 is 0 Å². The zero-order valence-corrected chi connectivity index (χ0v) is 8.18. The highest BCUT2D eigenvalue weighted by Crippen LogP contribution is 2.27. The van der Waals surface area contributed by atoms with Crippen LogP contribution in [0.1, 0.15) is 22.3 Å². The van der Waals surface area contributed by atoms with Crippen LogP contribution in [0.2, 0.25) is 0 Å². The molecule has 0 unspecified atom stereocenters. The Labute approximate surface area is 78.0 Å². The van der Waals surface area contributed by atoms with Crippen LogP contribution in [0.15, 0.2) is 6.07 Å². The molecule has 0 heterocycles. The number of nitrogens with one attached hydrogen (secondary N) is 1. The van der Waals surface area contributed by atoms with Crippen molar-refractivity contribution in [1.82, 2.24) is 5.48 Å². The van der Waals surface area contributed by atoms with Gasteiger partial charge in [-0.1, -0.05) is 6.07 Å². The molecule has 72 valence electrons. The number of aromatic hydroxyl groups is 1. The van der Waals surface area contributed by atoms with Gasteiger partial charge in [0, 0.05) is 6.54 Å². The molecule has 0 fully saturated rings. The van der Waals surface area contributed by atoms with Gasteiger partial charge in [-0.15, -0.1) is 0 Å². The Hall–Kier alpha value is -1.06. The van der Waals surface area contributed by atoms with E-state index in [-0.39, 0.29) is 0 Å². The molecule has 13 heavy (non-hydrogen) atoms. The van der Waals surface area contributed by atoms with Gasteiger partial charge in [-0.2, -0.15) is 0 Å². The Morgan fingerprint density at radius 3 is 2.38 bits per heavy atom. The molecule has 0 radical (unpaired) electrons. The van der Waals surface area contributed by atoms with E-state index in [4.69, 9.17) is 5.21 Å². The van der Waals surface area contributed by atoms with E-state index in [1.54, 1.807) is 0 Å². The summed E-state index contributed by atoms with van der Waals surface area (Å²) in [4.78, 5) is 0. The highest BCUT2D eigenvalue weighted by Gasteiger charge is 2.08. The SMILES string of the molecule is Cc1cc(CNO)c(C)c(C)c1O. The van der Waals surface area contributed by atoms with Crippen molar-refractivity contribution in [3.05, 3.63) is 28.3 Å². The number of hydrogen-bond donors (Lipinski definition) is 3. The summed E-state index contributed by atoms with van der Waals surface area (Å²) in [6.07, 6.45) is 0. The van der Waals surface area contributed by atoms with Gasteiger partial charge in [-0.25, -0.2) is 5.48 Å². The fourth-order valence-electron chi connectivity index (χ4n) is 1.42. The number of aryl methyl sites for hydroxylation is 1. The molecule has 3 nitrogen and oxygen atoms in total. The van der Waals surface area contributed by atoms with E-state index in [1.807, 2.05) is 26.8 Å². The van der Waals surface area contributed by atoms with E-state index in [0.717, 1.165) is 22.3 Å². The molecule has 0 spiro atoms. The second-order valence-electron chi connectivity index (χ2n) is 3.29. The molecule has 0 bridgehead atoms. The summed E-state index contributed by atoms with van der Waals surface area (Å²) < 4.78 is 0.